The van der Waals surface area contributed by atoms with E-state index in [2.05, 4.69) is 27.2 Å². The van der Waals surface area contributed by atoms with Crippen molar-refractivity contribution < 1.29 is 52.8 Å². The maximum Gasteiger partial charge on any atom is 0.416 e. The highest BCUT2D eigenvalue weighted by Crippen LogP contribution is 2.42. The zero-order valence-corrected chi connectivity index (χ0v) is 35.5. The topological polar surface area (TPSA) is 213 Å². The molecule has 2 saturated heterocycles. The van der Waals surface area contributed by atoms with Gasteiger partial charge in [0.25, 0.3) is 11.8 Å². The van der Waals surface area contributed by atoms with Crippen LogP contribution in [0.2, 0.25) is 0 Å². The molecule has 0 radical (unpaired) electrons. The zero-order chi connectivity index (χ0) is 43.9. The molecule has 3 N–H and O–H groups in total. The van der Waals surface area contributed by atoms with E-state index < -0.39 is 36.5 Å². The number of piperidine rings is 1. The number of nitrogens with one attached hydrogen (secondary N) is 2. The third-order valence-corrected chi connectivity index (χ3v) is 11.9. The number of pyridine rings is 1. The lowest BCUT2D eigenvalue weighted by molar-refractivity contribution is -0.198. The lowest BCUT2D eigenvalue weighted by Crippen LogP contribution is -2.57. The summed E-state index contributed by atoms with van der Waals surface area (Å²) in [4.78, 5) is 78.5. The molecule has 0 saturated carbocycles. The molecular formula is C43H49N7O11S. The van der Waals surface area contributed by atoms with Gasteiger partial charge >= 0.3 is 12.1 Å². The quantitative estimate of drug-likeness (QED) is 0.0848. The SMILES string of the molecule is C=CCOC(=O)N1c2cc(OCCCC(=O)Nc3cn(C)c(C(=O)Nc4ccc(-c5cc(C)c(C(=O)O)s5)nc4)n3)c(OC)cc2C(=O)N2CCCC[C@H]2C1OC1CCCCO1. The van der Waals surface area contributed by atoms with Gasteiger partial charge in [-0.15, -0.1) is 11.3 Å². The second kappa shape index (κ2) is 19.6. The highest BCUT2D eigenvalue weighted by molar-refractivity contribution is 7.17. The van der Waals surface area contributed by atoms with Crippen LogP contribution in [0.15, 0.2) is 55.4 Å². The van der Waals surface area contributed by atoms with Crippen molar-refractivity contribution >= 4 is 58.3 Å². The molecule has 19 heteroatoms. The van der Waals surface area contributed by atoms with Gasteiger partial charge in [-0.2, -0.15) is 0 Å². The van der Waals surface area contributed by atoms with E-state index in [1.165, 1.54) is 35.0 Å². The van der Waals surface area contributed by atoms with Crippen LogP contribution < -0.4 is 25.0 Å². The van der Waals surface area contributed by atoms with Gasteiger partial charge in [-0.05, 0) is 81.7 Å². The Morgan fingerprint density at radius 2 is 1.90 bits per heavy atom. The molecule has 62 heavy (non-hydrogen) atoms. The minimum Gasteiger partial charge on any atom is -0.493 e. The third-order valence-electron chi connectivity index (χ3n) is 10.7. The van der Waals surface area contributed by atoms with E-state index >= 15 is 0 Å². The first-order chi connectivity index (χ1) is 29.9. The number of imidazole rings is 1. The number of hydrogen-bond donors (Lipinski definition) is 3. The van der Waals surface area contributed by atoms with Crippen LogP contribution in [0.3, 0.4) is 0 Å². The molecule has 0 aliphatic carbocycles. The van der Waals surface area contributed by atoms with Gasteiger partial charge in [0.15, 0.2) is 29.8 Å². The van der Waals surface area contributed by atoms with Crippen LogP contribution in [0.1, 0.15) is 87.6 Å². The Morgan fingerprint density at radius 1 is 1.08 bits per heavy atom. The van der Waals surface area contributed by atoms with Crippen LogP contribution in [-0.2, 0) is 26.1 Å². The number of fused-ring (bicyclic) bond motifs is 2. The molecule has 18 nitrogen and oxygen atoms in total. The first kappa shape index (κ1) is 43.8. The van der Waals surface area contributed by atoms with Gasteiger partial charge in [-0.3, -0.25) is 19.4 Å². The largest absolute Gasteiger partial charge is 0.493 e. The molecule has 4 aromatic rings. The highest BCUT2D eigenvalue weighted by atomic mass is 32.1. The number of anilines is 3. The summed E-state index contributed by atoms with van der Waals surface area (Å²) in [5, 5.41) is 14.8. The van der Waals surface area contributed by atoms with Crippen molar-refractivity contribution in [1.82, 2.24) is 19.4 Å². The number of benzene rings is 1. The van der Waals surface area contributed by atoms with Gasteiger partial charge in [0.2, 0.25) is 11.7 Å². The second-order valence-corrected chi connectivity index (χ2v) is 16.1. The molecule has 4 amide bonds. The maximum atomic E-state index is 14.2. The molecule has 2 fully saturated rings. The molecule has 3 aromatic heterocycles. The lowest BCUT2D eigenvalue weighted by Gasteiger charge is -2.42. The van der Waals surface area contributed by atoms with Crippen LogP contribution in [0.5, 0.6) is 11.5 Å². The van der Waals surface area contributed by atoms with E-state index in [0.717, 1.165) is 37.0 Å². The standard InChI is InChI=1S/C43H49N7O11S/c1-5-17-60-43(56)50-30-22-32(31(57-4)21-27(30)40(53)49-16-8-6-11-29(49)41(50)61-36-13-7-9-18-59-36)58-19-10-12-35(51)46-34-24-48(3)38(47-34)39(52)45-26-14-15-28(44-23-26)33-20-25(2)37(62-33)42(54)55/h5,14-15,20-24,29,36,41H,1,6-13,16-19H2,2-4H3,(H,45,52)(H,46,51)(H,54,55)/t29-,36?,41?/m0/s1. The predicted molar refractivity (Wildman–Crippen MR) is 228 cm³/mol. The van der Waals surface area contributed by atoms with Crippen molar-refractivity contribution in [1.29, 1.82) is 0 Å². The fraction of sp³-hybridized carbons (Fsp3) is 0.419. The summed E-state index contributed by atoms with van der Waals surface area (Å²) in [5.74, 6) is -1.45. The normalized spacial score (nSPS) is 18.5. The van der Waals surface area contributed by atoms with Gasteiger partial charge in [0.1, 0.15) is 11.5 Å². The summed E-state index contributed by atoms with van der Waals surface area (Å²) >= 11 is 1.12. The monoisotopic (exact) mass is 871 g/mol. The van der Waals surface area contributed by atoms with Crippen LogP contribution in [-0.4, -0.2) is 106 Å². The molecule has 3 aliphatic heterocycles. The van der Waals surface area contributed by atoms with Crippen molar-refractivity contribution in [3.63, 3.8) is 0 Å². The number of aromatic nitrogens is 3. The fourth-order valence-corrected chi connectivity index (χ4v) is 8.66. The number of carboxylic acid groups (broad SMARTS) is 1. The number of hydrogen-bond acceptors (Lipinski definition) is 13. The highest BCUT2D eigenvalue weighted by Gasteiger charge is 2.47. The maximum absolute atomic E-state index is 14.2. The van der Waals surface area contributed by atoms with E-state index in [9.17, 15) is 29.1 Å². The van der Waals surface area contributed by atoms with Crippen LogP contribution in [0.4, 0.5) is 22.0 Å². The summed E-state index contributed by atoms with van der Waals surface area (Å²) in [7, 11) is 3.08. The summed E-state index contributed by atoms with van der Waals surface area (Å²) in [6.07, 6.45) is 7.27. The number of methoxy groups -OCH3 is 1. The minimum atomic E-state index is -0.999. The molecule has 1 aromatic carbocycles. The van der Waals surface area contributed by atoms with Gasteiger partial charge in [0, 0.05) is 38.9 Å². The summed E-state index contributed by atoms with van der Waals surface area (Å²) in [6, 6.07) is 7.76. The molecule has 328 valence electrons. The number of aromatic carboxylic acids is 1. The minimum absolute atomic E-state index is 0.0353. The number of carbonyl (C=O) groups is 5. The molecule has 0 bridgehead atoms. The lowest BCUT2D eigenvalue weighted by atomic mass is 10.00. The Morgan fingerprint density at radius 3 is 2.61 bits per heavy atom. The van der Waals surface area contributed by atoms with Crippen molar-refractivity contribution in [3.05, 3.63) is 77.2 Å². The van der Waals surface area contributed by atoms with Gasteiger partial charge in [-0.1, -0.05) is 12.7 Å². The molecule has 0 spiro atoms. The van der Waals surface area contributed by atoms with Gasteiger partial charge in [-0.25, -0.2) is 19.5 Å². The first-order valence-electron chi connectivity index (χ1n) is 20.4. The number of thiophene rings is 1. The van der Waals surface area contributed by atoms with E-state index in [-0.39, 0.29) is 77.1 Å². The molecule has 7 rings (SSSR count). The Bertz CT molecular complexity index is 2320. The van der Waals surface area contributed by atoms with E-state index in [1.54, 1.807) is 49.2 Å². The molecule has 3 atom stereocenters. The van der Waals surface area contributed by atoms with Crippen molar-refractivity contribution in [2.75, 3.05) is 49.0 Å². The molecule has 2 unspecified atom stereocenters. The summed E-state index contributed by atoms with van der Waals surface area (Å²) < 4.78 is 31.4. The van der Waals surface area contributed by atoms with Gasteiger partial charge < -0.3 is 48.9 Å². The number of carbonyl (C=O) groups excluding carboxylic acids is 4. The van der Waals surface area contributed by atoms with Gasteiger partial charge in [0.05, 0.1) is 53.5 Å². The van der Waals surface area contributed by atoms with Crippen molar-refractivity contribution in [2.45, 2.75) is 76.9 Å². The van der Waals surface area contributed by atoms with Crippen LogP contribution in [0.25, 0.3) is 10.6 Å². The number of carboxylic acids is 1. The van der Waals surface area contributed by atoms with Crippen LogP contribution in [0, 0.1) is 6.92 Å². The average molecular weight is 872 g/mol. The summed E-state index contributed by atoms with van der Waals surface area (Å²) in [5.41, 5.74) is 2.07. The number of nitrogens with zero attached hydrogens (tertiary/aromatic N) is 5. The molecule has 6 heterocycles. The Labute approximate surface area is 361 Å². The third kappa shape index (κ3) is 9.74. The zero-order valence-electron chi connectivity index (χ0n) is 34.7. The second-order valence-electron chi connectivity index (χ2n) is 15.0. The average Bonchev–Trinajstić information content (AvgIpc) is 3.83. The van der Waals surface area contributed by atoms with Crippen molar-refractivity contribution in [2.24, 2.45) is 7.05 Å². The fourth-order valence-electron chi connectivity index (χ4n) is 7.67. The Hall–Kier alpha value is -6.31. The van der Waals surface area contributed by atoms with E-state index in [1.807, 2.05) is 0 Å². The number of amides is 4. The first-order valence-corrected chi connectivity index (χ1v) is 21.2. The van der Waals surface area contributed by atoms with E-state index in [4.69, 9.17) is 23.7 Å². The van der Waals surface area contributed by atoms with E-state index in [0.29, 0.717) is 47.8 Å². The Balaban J connectivity index is 0.998. The number of rotatable bonds is 15. The number of ether oxygens (including phenoxy) is 5. The summed E-state index contributed by atoms with van der Waals surface area (Å²) in [6.45, 7) is 6.43. The molecule has 3 aliphatic rings. The smallest absolute Gasteiger partial charge is 0.416 e. The van der Waals surface area contributed by atoms with Crippen molar-refractivity contribution in [3.8, 4) is 22.1 Å². The predicted octanol–water partition coefficient (Wildman–Crippen LogP) is 6.62. The Kier molecular flexibility index (Phi) is 13.8. The molecular weight excluding hydrogens is 823 g/mol. The van der Waals surface area contributed by atoms with Crippen LogP contribution >= 0.6 is 11.3 Å². The number of aryl methyl sites for hydroxylation is 2.